The molecule has 4 atom stereocenters. The normalized spacial score (nSPS) is 24.1. The molecule has 0 N–H and O–H groups in total. The van der Waals surface area contributed by atoms with Gasteiger partial charge < -0.3 is 18.9 Å². The summed E-state index contributed by atoms with van der Waals surface area (Å²) in [4.78, 5) is 27.7. The van der Waals surface area contributed by atoms with Gasteiger partial charge in [0.25, 0.3) is 0 Å². The number of ether oxygens (including phenoxy) is 4. The Morgan fingerprint density at radius 2 is 1.72 bits per heavy atom. The van der Waals surface area contributed by atoms with Crippen molar-refractivity contribution in [1.82, 2.24) is 9.55 Å². The molecule has 2 heterocycles. The van der Waals surface area contributed by atoms with Crippen LogP contribution < -0.4 is 0 Å². The third-order valence-electron chi connectivity index (χ3n) is 4.32. The number of imidazole rings is 1. The van der Waals surface area contributed by atoms with Crippen LogP contribution in [-0.2, 0) is 28.5 Å². The second-order valence-corrected chi connectivity index (χ2v) is 7.53. The second kappa shape index (κ2) is 9.06. The van der Waals surface area contributed by atoms with E-state index in [1.165, 1.54) is 18.4 Å². The van der Waals surface area contributed by atoms with Gasteiger partial charge in [0.05, 0.1) is 27.7 Å². The standard InChI is InChI=1S/C18H19Cl3N2O6/c1-4-26-7-14-15(27-8(2)24)16(28-9(3)25)17(29-14)23-13-6-11(20)10(19)5-12(13)22-18(23)21/h5-6,14-17H,4,7H2,1-3H3/t14-,15-,16-,17-/m1/s1. The number of halogens is 3. The lowest BCUT2D eigenvalue weighted by Crippen LogP contribution is -2.40. The van der Waals surface area contributed by atoms with E-state index >= 15 is 0 Å². The third kappa shape index (κ3) is 4.62. The van der Waals surface area contributed by atoms with Crippen LogP contribution in [-0.4, -0.2) is 53.0 Å². The minimum absolute atomic E-state index is 0.0686. The third-order valence-corrected chi connectivity index (χ3v) is 5.31. The van der Waals surface area contributed by atoms with E-state index < -0.39 is 36.5 Å². The number of hydrogen-bond donors (Lipinski definition) is 0. The first-order valence-corrected chi connectivity index (χ1v) is 9.96. The lowest BCUT2D eigenvalue weighted by molar-refractivity contribution is -0.165. The quantitative estimate of drug-likeness (QED) is 0.600. The average molecular weight is 466 g/mol. The Kier molecular flexibility index (Phi) is 6.90. The molecule has 158 valence electrons. The van der Waals surface area contributed by atoms with Gasteiger partial charge in [0.1, 0.15) is 6.10 Å². The van der Waals surface area contributed by atoms with Crippen LogP contribution in [0.1, 0.15) is 27.0 Å². The summed E-state index contributed by atoms with van der Waals surface area (Å²) in [6.45, 7) is 4.89. The summed E-state index contributed by atoms with van der Waals surface area (Å²) in [6, 6.07) is 3.15. The molecule has 11 heteroatoms. The van der Waals surface area contributed by atoms with Crippen molar-refractivity contribution in [3.05, 3.63) is 27.5 Å². The number of aromatic nitrogens is 2. The van der Waals surface area contributed by atoms with Crippen molar-refractivity contribution in [2.45, 2.75) is 45.3 Å². The highest BCUT2D eigenvalue weighted by Gasteiger charge is 2.51. The zero-order valence-corrected chi connectivity index (χ0v) is 18.1. The van der Waals surface area contributed by atoms with Crippen molar-refractivity contribution in [1.29, 1.82) is 0 Å². The number of carbonyl (C=O) groups excluding carboxylic acids is 2. The van der Waals surface area contributed by atoms with Crippen molar-refractivity contribution in [2.75, 3.05) is 13.2 Å². The fourth-order valence-corrected chi connectivity index (χ4v) is 3.83. The van der Waals surface area contributed by atoms with E-state index in [4.69, 9.17) is 53.8 Å². The highest BCUT2D eigenvalue weighted by Crippen LogP contribution is 2.39. The smallest absolute Gasteiger partial charge is 0.303 e. The molecule has 1 aromatic heterocycles. The Morgan fingerprint density at radius 3 is 2.34 bits per heavy atom. The molecule has 0 bridgehead atoms. The highest BCUT2D eigenvalue weighted by molar-refractivity contribution is 6.42. The topological polar surface area (TPSA) is 88.9 Å². The number of hydrogen-bond acceptors (Lipinski definition) is 7. The molecular formula is C18H19Cl3N2O6. The zero-order valence-electron chi connectivity index (χ0n) is 15.9. The summed E-state index contributed by atoms with van der Waals surface area (Å²) in [7, 11) is 0. The maximum absolute atomic E-state index is 11.8. The Bertz CT molecular complexity index is 934. The van der Waals surface area contributed by atoms with Crippen LogP contribution in [0.3, 0.4) is 0 Å². The predicted octanol–water partition coefficient (Wildman–Crippen LogP) is 3.79. The fourth-order valence-electron chi connectivity index (χ4n) is 3.24. The molecule has 1 aromatic carbocycles. The van der Waals surface area contributed by atoms with E-state index in [1.807, 2.05) is 6.92 Å². The van der Waals surface area contributed by atoms with Gasteiger partial charge >= 0.3 is 11.9 Å². The van der Waals surface area contributed by atoms with Gasteiger partial charge in [-0.15, -0.1) is 0 Å². The van der Waals surface area contributed by atoms with Crippen LogP contribution in [0.5, 0.6) is 0 Å². The zero-order chi connectivity index (χ0) is 21.3. The SMILES string of the molecule is CCOC[C@H]1O[C@@H](n2c(Cl)nc3cc(Cl)c(Cl)cc32)[C@H](OC(C)=O)[C@@H]1OC(C)=O. The van der Waals surface area contributed by atoms with Crippen molar-refractivity contribution >= 4 is 57.8 Å². The predicted molar refractivity (Wildman–Crippen MR) is 106 cm³/mol. The summed E-state index contributed by atoms with van der Waals surface area (Å²) in [5.74, 6) is -1.12. The molecule has 2 aromatic rings. The Morgan fingerprint density at radius 1 is 1.10 bits per heavy atom. The number of fused-ring (bicyclic) bond motifs is 1. The largest absolute Gasteiger partial charge is 0.456 e. The van der Waals surface area contributed by atoms with E-state index in [-0.39, 0.29) is 11.9 Å². The van der Waals surface area contributed by atoms with Gasteiger partial charge in [-0.05, 0) is 30.7 Å². The highest BCUT2D eigenvalue weighted by atomic mass is 35.5. The van der Waals surface area contributed by atoms with Crippen molar-refractivity contribution in [2.24, 2.45) is 0 Å². The average Bonchev–Trinajstić information content (AvgIpc) is 3.10. The van der Waals surface area contributed by atoms with Gasteiger partial charge in [-0.25, -0.2) is 4.98 Å². The molecule has 0 saturated carbocycles. The Labute approximate surface area is 181 Å². The van der Waals surface area contributed by atoms with Gasteiger partial charge in [0.2, 0.25) is 5.28 Å². The number of nitrogens with zero attached hydrogens (tertiary/aromatic N) is 2. The first-order valence-electron chi connectivity index (χ1n) is 8.83. The first kappa shape index (κ1) is 22.1. The summed E-state index contributed by atoms with van der Waals surface area (Å²) in [5.41, 5.74) is 0.997. The molecule has 3 rings (SSSR count). The minimum Gasteiger partial charge on any atom is -0.456 e. The van der Waals surface area contributed by atoms with Crippen molar-refractivity contribution in [3.63, 3.8) is 0 Å². The molecule has 1 fully saturated rings. The van der Waals surface area contributed by atoms with Crippen LogP contribution in [0.25, 0.3) is 11.0 Å². The van der Waals surface area contributed by atoms with Gasteiger partial charge in [-0.1, -0.05) is 23.2 Å². The number of esters is 2. The molecule has 0 spiro atoms. The summed E-state index contributed by atoms with van der Waals surface area (Å²) < 4.78 is 23.9. The lowest BCUT2D eigenvalue weighted by Gasteiger charge is -2.24. The van der Waals surface area contributed by atoms with Crippen LogP contribution >= 0.6 is 34.8 Å². The summed E-state index contributed by atoms with van der Waals surface area (Å²) in [5, 5.41) is 0.678. The number of rotatable bonds is 6. The monoisotopic (exact) mass is 464 g/mol. The molecule has 1 aliphatic rings. The minimum atomic E-state index is -0.980. The molecular weight excluding hydrogens is 447 g/mol. The maximum atomic E-state index is 11.8. The molecule has 0 radical (unpaired) electrons. The molecule has 1 saturated heterocycles. The Hall–Kier alpha value is -1.58. The second-order valence-electron chi connectivity index (χ2n) is 6.38. The van der Waals surface area contributed by atoms with E-state index in [9.17, 15) is 9.59 Å². The van der Waals surface area contributed by atoms with Crippen molar-refractivity contribution in [3.8, 4) is 0 Å². The van der Waals surface area contributed by atoms with Gasteiger partial charge in [-0.2, -0.15) is 0 Å². The van der Waals surface area contributed by atoms with Gasteiger partial charge in [-0.3, -0.25) is 14.2 Å². The van der Waals surface area contributed by atoms with Crippen LogP contribution in [0, 0.1) is 0 Å². The van der Waals surface area contributed by atoms with Crippen LogP contribution in [0.15, 0.2) is 12.1 Å². The maximum Gasteiger partial charge on any atom is 0.303 e. The van der Waals surface area contributed by atoms with E-state index in [2.05, 4.69) is 4.98 Å². The number of benzene rings is 1. The van der Waals surface area contributed by atoms with Crippen molar-refractivity contribution < 1.29 is 28.5 Å². The van der Waals surface area contributed by atoms with E-state index in [0.717, 1.165) is 0 Å². The summed E-state index contributed by atoms with van der Waals surface area (Å²) in [6.07, 6.45) is -3.50. The molecule has 0 amide bonds. The van der Waals surface area contributed by atoms with Crippen LogP contribution in [0.4, 0.5) is 0 Å². The molecule has 29 heavy (non-hydrogen) atoms. The molecule has 1 aliphatic heterocycles. The molecule has 8 nitrogen and oxygen atoms in total. The first-order chi connectivity index (χ1) is 13.7. The van der Waals surface area contributed by atoms with Gasteiger partial charge in [0, 0.05) is 20.5 Å². The lowest BCUT2D eigenvalue weighted by atomic mass is 10.1. The fraction of sp³-hybridized carbons (Fsp3) is 0.500. The van der Waals surface area contributed by atoms with Gasteiger partial charge in [0.15, 0.2) is 18.4 Å². The van der Waals surface area contributed by atoms with E-state index in [0.29, 0.717) is 27.7 Å². The Balaban J connectivity index is 2.09. The summed E-state index contributed by atoms with van der Waals surface area (Å²) >= 11 is 18.6. The number of carbonyl (C=O) groups is 2. The molecule has 0 unspecified atom stereocenters. The van der Waals surface area contributed by atoms with Crippen LogP contribution in [0.2, 0.25) is 15.3 Å². The molecule has 0 aliphatic carbocycles. The van der Waals surface area contributed by atoms with E-state index in [1.54, 1.807) is 12.1 Å².